The highest BCUT2D eigenvalue weighted by Gasteiger charge is 2.29. The van der Waals surface area contributed by atoms with E-state index < -0.39 is 5.97 Å². The van der Waals surface area contributed by atoms with Crippen LogP contribution in [-0.2, 0) is 9.47 Å². The molecule has 0 aromatic carbocycles. The molecule has 1 N–H and O–H groups in total. The fourth-order valence-corrected chi connectivity index (χ4v) is 0.535. The van der Waals surface area contributed by atoms with E-state index in [0.717, 1.165) is 0 Å². The van der Waals surface area contributed by atoms with Gasteiger partial charge in [-0.05, 0) is 6.08 Å². The van der Waals surface area contributed by atoms with Crippen LogP contribution in [0.3, 0.4) is 0 Å². The molecule has 1 rings (SSSR count). The molecule has 0 radical (unpaired) electrons. The molecule has 8 heavy (non-hydrogen) atoms. The minimum Gasteiger partial charge on any atom is -0.340 e. The Morgan fingerprint density at radius 3 is 2.25 bits per heavy atom. The van der Waals surface area contributed by atoms with Crippen LogP contribution < -0.4 is 0 Å². The molecule has 1 aliphatic rings. The quantitative estimate of drug-likeness (QED) is 0.485. The van der Waals surface area contributed by atoms with Crippen molar-refractivity contribution in [1.29, 1.82) is 0 Å². The van der Waals surface area contributed by atoms with Crippen LogP contribution in [-0.4, -0.2) is 24.3 Å². The summed E-state index contributed by atoms with van der Waals surface area (Å²) in [5.41, 5.74) is 0. The minimum absolute atomic E-state index is 0.433. The number of aliphatic hydroxyl groups is 1. The van der Waals surface area contributed by atoms with Crippen molar-refractivity contribution >= 4 is 0 Å². The van der Waals surface area contributed by atoms with Crippen LogP contribution in [0.5, 0.6) is 0 Å². The summed E-state index contributed by atoms with van der Waals surface area (Å²) >= 11 is 0. The zero-order chi connectivity index (χ0) is 6.04. The third-order valence-electron chi connectivity index (χ3n) is 0.959. The number of hydrogen-bond donors (Lipinski definition) is 1. The highest BCUT2D eigenvalue weighted by atomic mass is 16.8. The fraction of sp³-hybridized carbons (Fsp3) is 0.600. The van der Waals surface area contributed by atoms with Gasteiger partial charge in [0.15, 0.2) is 0 Å². The summed E-state index contributed by atoms with van der Waals surface area (Å²) in [6.07, 6.45) is 1.22. The third-order valence-corrected chi connectivity index (χ3v) is 0.959. The lowest BCUT2D eigenvalue weighted by atomic mass is 10.5. The predicted molar refractivity (Wildman–Crippen MR) is 27.1 cm³/mol. The van der Waals surface area contributed by atoms with E-state index in [0.29, 0.717) is 13.2 Å². The van der Waals surface area contributed by atoms with E-state index in [1.807, 2.05) is 0 Å². The third kappa shape index (κ3) is 0.888. The normalized spacial score (nSPS) is 25.6. The molecule has 1 aliphatic heterocycles. The minimum atomic E-state index is -1.50. The summed E-state index contributed by atoms with van der Waals surface area (Å²) in [7, 11) is 0. The Kier molecular flexibility index (Phi) is 1.33. The number of rotatable bonds is 1. The first-order valence-corrected chi connectivity index (χ1v) is 2.41. The van der Waals surface area contributed by atoms with E-state index in [9.17, 15) is 0 Å². The first-order chi connectivity index (χ1) is 3.77. The lowest BCUT2D eigenvalue weighted by Crippen LogP contribution is -2.25. The standard InChI is InChI=1S/C5H8O3/c1-2-5(6)7-3-4-8-5/h2,6H,1,3-4H2. The van der Waals surface area contributed by atoms with Crippen molar-refractivity contribution in [2.45, 2.75) is 5.97 Å². The van der Waals surface area contributed by atoms with Crippen LogP contribution in [0.4, 0.5) is 0 Å². The van der Waals surface area contributed by atoms with Crippen molar-refractivity contribution in [3.8, 4) is 0 Å². The largest absolute Gasteiger partial charge is 0.340 e. The lowest BCUT2D eigenvalue weighted by Gasteiger charge is -2.13. The predicted octanol–water partition coefficient (Wildman–Crippen LogP) is -0.135. The van der Waals surface area contributed by atoms with Crippen LogP contribution in [0.15, 0.2) is 12.7 Å². The molecule has 0 bridgehead atoms. The maximum Gasteiger partial charge on any atom is 0.301 e. The van der Waals surface area contributed by atoms with Gasteiger partial charge < -0.3 is 14.6 Å². The zero-order valence-electron chi connectivity index (χ0n) is 4.46. The molecule has 0 atom stereocenters. The Morgan fingerprint density at radius 2 is 2.00 bits per heavy atom. The molecule has 0 spiro atoms. The smallest absolute Gasteiger partial charge is 0.301 e. The van der Waals surface area contributed by atoms with Gasteiger partial charge in [0.05, 0.1) is 13.2 Å². The summed E-state index contributed by atoms with van der Waals surface area (Å²) in [5.74, 6) is -1.50. The summed E-state index contributed by atoms with van der Waals surface area (Å²) in [5, 5.41) is 8.94. The molecule has 0 aromatic rings. The summed E-state index contributed by atoms with van der Waals surface area (Å²) in [4.78, 5) is 0. The van der Waals surface area contributed by atoms with Crippen molar-refractivity contribution in [3.05, 3.63) is 12.7 Å². The Morgan fingerprint density at radius 1 is 1.50 bits per heavy atom. The second-order valence-electron chi connectivity index (χ2n) is 1.53. The molecular weight excluding hydrogens is 108 g/mol. The van der Waals surface area contributed by atoms with Crippen LogP contribution in [0.1, 0.15) is 0 Å². The van der Waals surface area contributed by atoms with Gasteiger partial charge >= 0.3 is 5.97 Å². The topological polar surface area (TPSA) is 38.7 Å². The van der Waals surface area contributed by atoms with Crippen molar-refractivity contribution < 1.29 is 14.6 Å². The van der Waals surface area contributed by atoms with Crippen LogP contribution in [0.2, 0.25) is 0 Å². The Balaban J connectivity index is 2.52. The van der Waals surface area contributed by atoms with Crippen molar-refractivity contribution in [3.63, 3.8) is 0 Å². The van der Waals surface area contributed by atoms with Gasteiger partial charge in [-0.2, -0.15) is 0 Å². The highest BCUT2D eigenvalue weighted by molar-refractivity contribution is 4.81. The van der Waals surface area contributed by atoms with Crippen LogP contribution in [0, 0.1) is 0 Å². The average Bonchev–Trinajstić information content (AvgIpc) is 2.17. The molecular formula is C5H8O3. The lowest BCUT2D eigenvalue weighted by molar-refractivity contribution is -0.267. The SMILES string of the molecule is C=CC1(O)OCCO1. The van der Waals surface area contributed by atoms with Gasteiger partial charge in [-0.15, -0.1) is 0 Å². The Bertz CT molecular complexity index is 93.8. The molecule has 3 nitrogen and oxygen atoms in total. The molecule has 0 aliphatic carbocycles. The summed E-state index contributed by atoms with van der Waals surface area (Å²) < 4.78 is 9.41. The first-order valence-electron chi connectivity index (χ1n) is 2.41. The van der Waals surface area contributed by atoms with Gasteiger partial charge in [0.1, 0.15) is 0 Å². The van der Waals surface area contributed by atoms with Crippen molar-refractivity contribution in [1.82, 2.24) is 0 Å². The summed E-state index contributed by atoms with van der Waals surface area (Å²) in [6, 6.07) is 0. The molecule has 1 fully saturated rings. The average molecular weight is 116 g/mol. The second kappa shape index (κ2) is 1.85. The monoisotopic (exact) mass is 116 g/mol. The molecule has 0 unspecified atom stereocenters. The molecule has 0 amide bonds. The first kappa shape index (κ1) is 5.75. The van der Waals surface area contributed by atoms with Crippen LogP contribution >= 0.6 is 0 Å². The maximum absolute atomic E-state index is 8.94. The number of ether oxygens (including phenoxy) is 2. The van der Waals surface area contributed by atoms with E-state index in [1.54, 1.807) is 0 Å². The van der Waals surface area contributed by atoms with Gasteiger partial charge in [-0.3, -0.25) is 0 Å². The highest BCUT2D eigenvalue weighted by Crippen LogP contribution is 2.15. The molecule has 46 valence electrons. The fourth-order valence-electron chi connectivity index (χ4n) is 0.535. The molecule has 1 heterocycles. The van der Waals surface area contributed by atoms with E-state index in [-0.39, 0.29) is 0 Å². The van der Waals surface area contributed by atoms with Gasteiger partial charge in [0.2, 0.25) is 0 Å². The Hall–Kier alpha value is -0.380. The van der Waals surface area contributed by atoms with E-state index in [4.69, 9.17) is 14.6 Å². The molecule has 0 saturated carbocycles. The molecule has 0 aromatic heterocycles. The van der Waals surface area contributed by atoms with E-state index in [2.05, 4.69) is 6.58 Å². The molecule has 3 heteroatoms. The van der Waals surface area contributed by atoms with E-state index in [1.165, 1.54) is 6.08 Å². The second-order valence-corrected chi connectivity index (χ2v) is 1.53. The van der Waals surface area contributed by atoms with Gasteiger partial charge in [0, 0.05) is 0 Å². The van der Waals surface area contributed by atoms with Crippen LogP contribution in [0.25, 0.3) is 0 Å². The van der Waals surface area contributed by atoms with Gasteiger partial charge in [-0.25, -0.2) is 0 Å². The van der Waals surface area contributed by atoms with Gasteiger partial charge in [0.25, 0.3) is 0 Å². The van der Waals surface area contributed by atoms with Crippen molar-refractivity contribution in [2.24, 2.45) is 0 Å². The number of hydrogen-bond acceptors (Lipinski definition) is 3. The summed E-state index contributed by atoms with van der Waals surface area (Å²) in [6.45, 7) is 4.18. The van der Waals surface area contributed by atoms with E-state index >= 15 is 0 Å². The van der Waals surface area contributed by atoms with Gasteiger partial charge in [-0.1, -0.05) is 6.58 Å². The van der Waals surface area contributed by atoms with Crippen molar-refractivity contribution in [2.75, 3.05) is 13.2 Å². The molecule has 1 saturated heterocycles. The Labute approximate surface area is 47.5 Å². The maximum atomic E-state index is 8.94. The zero-order valence-corrected chi connectivity index (χ0v) is 4.46.